The Balaban J connectivity index is 2.24. The van der Waals surface area contributed by atoms with Crippen LogP contribution in [0.4, 0.5) is 0 Å². The summed E-state index contributed by atoms with van der Waals surface area (Å²) in [5, 5.41) is 11.0. The van der Waals surface area contributed by atoms with E-state index >= 15 is 0 Å². The van der Waals surface area contributed by atoms with E-state index in [0.717, 1.165) is 24.2 Å². The van der Waals surface area contributed by atoms with Crippen LogP contribution in [0, 0.1) is 5.41 Å². The van der Waals surface area contributed by atoms with E-state index in [9.17, 15) is 18.3 Å². The third kappa shape index (κ3) is 2.82. The normalized spacial score (nSPS) is 28.2. The van der Waals surface area contributed by atoms with Crippen LogP contribution in [0.15, 0.2) is 21.7 Å². The summed E-state index contributed by atoms with van der Waals surface area (Å²) in [5.74, 6) is -0.939. The number of carboxylic acids is 1. The number of hydrogen-bond acceptors (Lipinski definition) is 4. The fraction of sp³-hybridized carbons (Fsp3) is 0.583. The molecule has 2 atom stereocenters. The molecule has 0 bridgehead atoms. The topological polar surface area (TPSA) is 83.5 Å². The molecule has 0 aliphatic heterocycles. The molecule has 1 aromatic heterocycles. The van der Waals surface area contributed by atoms with E-state index in [1.54, 1.807) is 18.4 Å². The van der Waals surface area contributed by atoms with Crippen molar-refractivity contribution >= 4 is 27.3 Å². The van der Waals surface area contributed by atoms with Gasteiger partial charge in [-0.2, -0.15) is 0 Å². The first kappa shape index (κ1) is 14.5. The summed E-state index contributed by atoms with van der Waals surface area (Å²) in [4.78, 5) is 11.4. The molecule has 1 heterocycles. The molecule has 1 aromatic rings. The van der Waals surface area contributed by atoms with E-state index in [4.69, 9.17) is 0 Å². The highest BCUT2D eigenvalue weighted by molar-refractivity contribution is 7.91. The Hall–Kier alpha value is -0.920. The van der Waals surface area contributed by atoms with E-state index in [0.29, 0.717) is 12.8 Å². The summed E-state index contributed by atoms with van der Waals surface area (Å²) in [7, 11) is -3.62. The van der Waals surface area contributed by atoms with Gasteiger partial charge in [-0.05, 0) is 31.2 Å². The molecule has 7 heteroatoms. The minimum atomic E-state index is -3.62. The summed E-state index contributed by atoms with van der Waals surface area (Å²) >= 11 is 1.13. The van der Waals surface area contributed by atoms with Gasteiger partial charge in [-0.3, -0.25) is 4.79 Å². The van der Waals surface area contributed by atoms with Crippen molar-refractivity contribution in [2.75, 3.05) is 0 Å². The van der Waals surface area contributed by atoms with Crippen molar-refractivity contribution in [1.29, 1.82) is 0 Å². The summed E-state index contributed by atoms with van der Waals surface area (Å²) in [6.45, 7) is 1.62. The summed E-state index contributed by atoms with van der Waals surface area (Å²) in [6.07, 6.45) is 2.73. The molecule has 0 radical (unpaired) electrons. The largest absolute Gasteiger partial charge is 0.481 e. The number of sulfonamides is 1. The predicted octanol–water partition coefficient (Wildman–Crippen LogP) is 2.06. The predicted molar refractivity (Wildman–Crippen MR) is 72.6 cm³/mol. The standard InChI is InChI=1S/C12H17NO4S2/c1-12(11(14)15)7-3-2-5-9(12)13-19(16,17)10-6-4-8-18-10/h4,6,8-9,13H,2-3,5,7H2,1H3,(H,14,15). The number of hydrogen-bond donors (Lipinski definition) is 2. The van der Waals surface area contributed by atoms with Gasteiger partial charge in [-0.15, -0.1) is 11.3 Å². The quantitative estimate of drug-likeness (QED) is 0.892. The van der Waals surface area contributed by atoms with Gasteiger partial charge in [0.25, 0.3) is 0 Å². The van der Waals surface area contributed by atoms with Gasteiger partial charge in [0.2, 0.25) is 10.0 Å². The molecule has 1 saturated carbocycles. The monoisotopic (exact) mass is 303 g/mol. The first-order valence-corrected chi connectivity index (χ1v) is 8.52. The number of carbonyl (C=O) groups is 1. The molecule has 19 heavy (non-hydrogen) atoms. The van der Waals surface area contributed by atoms with Gasteiger partial charge >= 0.3 is 5.97 Å². The van der Waals surface area contributed by atoms with Crippen molar-refractivity contribution in [3.63, 3.8) is 0 Å². The maximum Gasteiger partial charge on any atom is 0.310 e. The maximum atomic E-state index is 12.2. The Bertz CT molecular complexity index is 552. The van der Waals surface area contributed by atoms with Crippen LogP contribution >= 0.6 is 11.3 Å². The van der Waals surface area contributed by atoms with Crippen LogP contribution in [0.1, 0.15) is 32.6 Å². The van der Waals surface area contributed by atoms with Gasteiger partial charge < -0.3 is 5.11 Å². The van der Waals surface area contributed by atoms with Gasteiger partial charge in [-0.25, -0.2) is 13.1 Å². The zero-order valence-corrected chi connectivity index (χ0v) is 12.3. The Morgan fingerprint density at radius 1 is 1.53 bits per heavy atom. The number of rotatable bonds is 4. The van der Waals surface area contributed by atoms with Crippen molar-refractivity contribution in [2.45, 2.75) is 42.9 Å². The maximum absolute atomic E-state index is 12.2. The van der Waals surface area contributed by atoms with Crippen molar-refractivity contribution in [1.82, 2.24) is 4.72 Å². The number of carboxylic acid groups (broad SMARTS) is 1. The highest BCUT2D eigenvalue weighted by Gasteiger charge is 2.45. The molecule has 106 valence electrons. The number of thiophene rings is 1. The molecule has 1 aliphatic carbocycles. The van der Waals surface area contributed by atoms with Crippen molar-refractivity contribution in [2.24, 2.45) is 5.41 Å². The second-order valence-electron chi connectivity index (χ2n) is 5.07. The summed E-state index contributed by atoms with van der Waals surface area (Å²) < 4.78 is 27.2. The van der Waals surface area contributed by atoms with E-state index in [1.807, 2.05) is 0 Å². The van der Waals surface area contributed by atoms with E-state index < -0.39 is 27.4 Å². The zero-order valence-electron chi connectivity index (χ0n) is 10.6. The molecule has 1 fully saturated rings. The lowest BCUT2D eigenvalue weighted by atomic mass is 9.72. The Morgan fingerprint density at radius 3 is 2.84 bits per heavy atom. The molecule has 5 nitrogen and oxygen atoms in total. The Labute approximate surface area is 116 Å². The second-order valence-corrected chi connectivity index (χ2v) is 7.96. The number of nitrogens with one attached hydrogen (secondary N) is 1. The average molecular weight is 303 g/mol. The molecule has 0 amide bonds. The third-order valence-corrected chi connectivity index (χ3v) is 6.62. The lowest BCUT2D eigenvalue weighted by Crippen LogP contribution is -2.51. The van der Waals surface area contributed by atoms with Gasteiger partial charge in [0.05, 0.1) is 5.41 Å². The highest BCUT2D eigenvalue weighted by Crippen LogP contribution is 2.37. The van der Waals surface area contributed by atoms with Crippen LogP contribution in [0.5, 0.6) is 0 Å². The van der Waals surface area contributed by atoms with Gasteiger partial charge in [0.1, 0.15) is 4.21 Å². The lowest BCUT2D eigenvalue weighted by Gasteiger charge is -2.37. The molecular formula is C12H17NO4S2. The van der Waals surface area contributed by atoms with E-state index in [-0.39, 0.29) is 4.21 Å². The number of aliphatic carboxylic acids is 1. The van der Waals surface area contributed by atoms with Crippen LogP contribution in [0.2, 0.25) is 0 Å². The Morgan fingerprint density at radius 2 is 2.26 bits per heavy atom. The van der Waals surface area contributed by atoms with Gasteiger partial charge in [0, 0.05) is 6.04 Å². The minimum absolute atomic E-state index is 0.228. The van der Waals surface area contributed by atoms with Crippen molar-refractivity contribution < 1.29 is 18.3 Å². The molecule has 0 spiro atoms. The van der Waals surface area contributed by atoms with Crippen LogP contribution < -0.4 is 4.72 Å². The van der Waals surface area contributed by atoms with Crippen LogP contribution in [0.3, 0.4) is 0 Å². The van der Waals surface area contributed by atoms with Crippen LogP contribution in [-0.2, 0) is 14.8 Å². The second kappa shape index (κ2) is 5.22. The molecule has 0 saturated heterocycles. The first-order valence-electron chi connectivity index (χ1n) is 6.15. The molecule has 2 rings (SSSR count). The third-order valence-electron chi connectivity index (χ3n) is 3.75. The SMILES string of the molecule is CC1(C(=O)O)CCCCC1NS(=O)(=O)c1cccs1. The van der Waals surface area contributed by atoms with Crippen molar-refractivity contribution in [3.8, 4) is 0 Å². The summed E-state index contributed by atoms with van der Waals surface area (Å²) in [6, 6.07) is 2.63. The van der Waals surface area contributed by atoms with E-state index in [1.165, 1.54) is 6.07 Å². The summed E-state index contributed by atoms with van der Waals surface area (Å²) in [5.41, 5.74) is -1.03. The molecular weight excluding hydrogens is 286 g/mol. The molecule has 2 unspecified atom stereocenters. The van der Waals surface area contributed by atoms with Gasteiger partial charge in [-0.1, -0.05) is 18.9 Å². The van der Waals surface area contributed by atoms with Gasteiger partial charge in [0.15, 0.2) is 0 Å². The molecule has 2 N–H and O–H groups in total. The first-order chi connectivity index (χ1) is 8.86. The fourth-order valence-corrected chi connectivity index (χ4v) is 4.83. The highest BCUT2D eigenvalue weighted by atomic mass is 32.2. The van der Waals surface area contributed by atoms with Crippen molar-refractivity contribution in [3.05, 3.63) is 17.5 Å². The smallest absolute Gasteiger partial charge is 0.310 e. The zero-order chi connectivity index (χ0) is 14.1. The Kier molecular flexibility index (Phi) is 3.98. The van der Waals surface area contributed by atoms with Crippen LogP contribution in [0.25, 0.3) is 0 Å². The fourth-order valence-electron chi connectivity index (χ4n) is 2.44. The molecule has 1 aliphatic rings. The lowest BCUT2D eigenvalue weighted by molar-refractivity contribution is -0.151. The van der Waals surface area contributed by atoms with Crippen LogP contribution in [-0.4, -0.2) is 25.5 Å². The minimum Gasteiger partial charge on any atom is -0.481 e. The van der Waals surface area contributed by atoms with E-state index in [2.05, 4.69) is 4.72 Å². The molecule has 0 aromatic carbocycles. The average Bonchev–Trinajstić information content (AvgIpc) is 2.86.